The van der Waals surface area contributed by atoms with Gasteiger partial charge in [-0.05, 0) is 36.4 Å². The second-order valence-corrected chi connectivity index (χ2v) is 5.56. The minimum absolute atomic E-state index is 0.135. The van der Waals surface area contributed by atoms with E-state index in [1.54, 1.807) is 29.6 Å². The first kappa shape index (κ1) is 14.6. The van der Waals surface area contributed by atoms with Gasteiger partial charge < -0.3 is 0 Å². The molecular formula is C15H9ClFN3OS. The van der Waals surface area contributed by atoms with E-state index < -0.39 is 0 Å². The highest BCUT2D eigenvalue weighted by molar-refractivity contribution is 7.14. The fraction of sp³-hybridized carbons (Fsp3) is 0. The number of benzene rings is 1. The average Bonchev–Trinajstić information content (AvgIpc) is 2.97. The number of amides is 1. The molecule has 0 spiro atoms. The van der Waals surface area contributed by atoms with Crippen molar-refractivity contribution in [2.24, 2.45) is 0 Å². The van der Waals surface area contributed by atoms with Gasteiger partial charge in [0.1, 0.15) is 11.0 Å². The number of carbonyl (C=O) groups excluding carboxylic acids is 1. The zero-order valence-corrected chi connectivity index (χ0v) is 12.7. The Morgan fingerprint density at radius 3 is 2.73 bits per heavy atom. The zero-order chi connectivity index (χ0) is 15.5. The van der Waals surface area contributed by atoms with Gasteiger partial charge in [-0.25, -0.2) is 14.4 Å². The number of nitrogens with zero attached hydrogens (tertiary/aromatic N) is 2. The molecule has 0 aliphatic rings. The molecule has 0 atom stereocenters. The van der Waals surface area contributed by atoms with Crippen LogP contribution in [-0.2, 0) is 0 Å². The molecule has 2 heterocycles. The van der Waals surface area contributed by atoms with Crippen LogP contribution in [0, 0.1) is 5.82 Å². The summed E-state index contributed by atoms with van der Waals surface area (Å²) in [5.74, 6) is -0.683. The Morgan fingerprint density at radius 1 is 1.23 bits per heavy atom. The van der Waals surface area contributed by atoms with Gasteiger partial charge in [0.2, 0.25) is 0 Å². The molecule has 0 radical (unpaired) electrons. The van der Waals surface area contributed by atoms with Crippen molar-refractivity contribution in [1.29, 1.82) is 0 Å². The Balaban J connectivity index is 1.78. The van der Waals surface area contributed by atoms with E-state index in [4.69, 9.17) is 11.6 Å². The lowest BCUT2D eigenvalue weighted by Crippen LogP contribution is -2.12. The highest BCUT2D eigenvalue weighted by Crippen LogP contribution is 2.25. The van der Waals surface area contributed by atoms with Crippen molar-refractivity contribution in [2.75, 3.05) is 5.32 Å². The van der Waals surface area contributed by atoms with Crippen molar-refractivity contribution in [3.63, 3.8) is 0 Å². The maximum absolute atomic E-state index is 12.9. The lowest BCUT2D eigenvalue weighted by atomic mass is 10.2. The minimum atomic E-state index is -0.377. The fourth-order valence-electron chi connectivity index (χ4n) is 1.80. The van der Waals surface area contributed by atoms with Crippen molar-refractivity contribution in [1.82, 2.24) is 9.97 Å². The standard InChI is InChI=1S/C15H9ClFN3OS/c16-13-11(2-1-7-18-13)14(21)20-15-19-12(8-22-15)9-3-5-10(17)6-4-9/h1-8H,(H,19,20,21). The summed E-state index contributed by atoms with van der Waals surface area (Å²) >= 11 is 7.15. The molecule has 0 saturated heterocycles. The fourth-order valence-corrected chi connectivity index (χ4v) is 2.72. The van der Waals surface area contributed by atoms with Crippen LogP contribution < -0.4 is 5.32 Å². The summed E-state index contributed by atoms with van der Waals surface area (Å²) in [5, 5.41) is 5.02. The Bertz CT molecular complexity index is 820. The number of carbonyl (C=O) groups is 1. The molecule has 7 heteroatoms. The number of pyridine rings is 1. The second-order valence-electron chi connectivity index (χ2n) is 4.34. The minimum Gasteiger partial charge on any atom is -0.298 e. The Morgan fingerprint density at radius 2 is 2.00 bits per heavy atom. The van der Waals surface area contributed by atoms with Gasteiger partial charge in [-0.1, -0.05) is 11.6 Å². The molecule has 3 rings (SSSR count). The number of anilines is 1. The van der Waals surface area contributed by atoms with Crippen molar-refractivity contribution in [3.8, 4) is 11.3 Å². The van der Waals surface area contributed by atoms with Crippen LogP contribution in [0.5, 0.6) is 0 Å². The van der Waals surface area contributed by atoms with Gasteiger partial charge >= 0.3 is 0 Å². The van der Waals surface area contributed by atoms with Crippen LogP contribution >= 0.6 is 22.9 Å². The van der Waals surface area contributed by atoms with E-state index in [1.807, 2.05) is 0 Å². The molecule has 0 bridgehead atoms. The summed E-state index contributed by atoms with van der Waals surface area (Å²) < 4.78 is 12.9. The summed E-state index contributed by atoms with van der Waals surface area (Å²) in [7, 11) is 0. The topological polar surface area (TPSA) is 54.9 Å². The lowest BCUT2D eigenvalue weighted by molar-refractivity contribution is 0.102. The Kier molecular flexibility index (Phi) is 4.13. The van der Waals surface area contributed by atoms with Crippen LogP contribution in [0.3, 0.4) is 0 Å². The number of nitrogens with one attached hydrogen (secondary N) is 1. The van der Waals surface area contributed by atoms with E-state index in [-0.39, 0.29) is 22.4 Å². The highest BCUT2D eigenvalue weighted by Gasteiger charge is 2.13. The molecule has 0 fully saturated rings. The molecule has 0 unspecified atom stereocenters. The summed E-state index contributed by atoms with van der Waals surface area (Å²) in [4.78, 5) is 20.3. The molecule has 1 amide bonds. The third-order valence-electron chi connectivity index (χ3n) is 2.87. The van der Waals surface area contributed by atoms with Gasteiger partial charge in [-0.3, -0.25) is 10.1 Å². The average molecular weight is 334 g/mol. The van der Waals surface area contributed by atoms with E-state index in [1.165, 1.54) is 29.7 Å². The quantitative estimate of drug-likeness (QED) is 0.729. The summed E-state index contributed by atoms with van der Waals surface area (Å²) in [6.45, 7) is 0. The first-order chi connectivity index (χ1) is 10.6. The molecule has 22 heavy (non-hydrogen) atoms. The zero-order valence-electron chi connectivity index (χ0n) is 11.1. The maximum atomic E-state index is 12.9. The van der Waals surface area contributed by atoms with Crippen molar-refractivity contribution in [2.45, 2.75) is 0 Å². The van der Waals surface area contributed by atoms with Gasteiger partial charge in [0, 0.05) is 17.1 Å². The van der Waals surface area contributed by atoms with E-state index in [2.05, 4.69) is 15.3 Å². The first-order valence-corrected chi connectivity index (χ1v) is 7.52. The maximum Gasteiger partial charge on any atom is 0.260 e. The van der Waals surface area contributed by atoms with Crippen molar-refractivity contribution >= 4 is 34.0 Å². The summed E-state index contributed by atoms with van der Waals surface area (Å²) in [6.07, 6.45) is 1.51. The number of hydrogen-bond donors (Lipinski definition) is 1. The van der Waals surface area contributed by atoms with E-state index >= 15 is 0 Å². The number of aromatic nitrogens is 2. The van der Waals surface area contributed by atoms with Crippen molar-refractivity contribution < 1.29 is 9.18 Å². The van der Waals surface area contributed by atoms with Gasteiger partial charge in [-0.15, -0.1) is 11.3 Å². The van der Waals surface area contributed by atoms with Gasteiger partial charge in [0.15, 0.2) is 5.13 Å². The third kappa shape index (κ3) is 3.13. The van der Waals surface area contributed by atoms with Crippen LogP contribution in [0.15, 0.2) is 48.0 Å². The number of hydrogen-bond acceptors (Lipinski definition) is 4. The normalized spacial score (nSPS) is 10.5. The molecule has 2 aromatic heterocycles. The monoisotopic (exact) mass is 333 g/mol. The molecule has 110 valence electrons. The molecule has 3 aromatic rings. The summed E-state index contributed by atoms with van der Waals surface area (Å²) in [6, 6.07) is 9.21. The Hall–Kier alpha value is -2.31. The first-order valence-electron chi connectivity index (χ1n) is 6.27. The molecule has 0 aliphatic carbocycles. The third-order valence-corrected chi connectivity index (χ3v) is 3.93. The molecular weight excluding hydrogens is 325 g/mol. The van der Waals surface area contributed by atoms with Crippen molar-refractivity contribution in [3.05, 3.63) is 64.5 Å². The molecule has 0 saturated carbocycles. The highest BCUT2D eigenvalue weighted by atomic mass is 35.5. The van der Waals surface area contributed by atoms with Crippen LogP contribution in [0.25, 0.3) is 11.3 Å². The predicted octanol–water partition coefficient (Wildman–Crippen LogP) is 4.25. The second kappa shape index (κ2) is 6.21. The molecule has 4 nitrogen and oxygen atoms in total. The Labute approximate surface area is 134 Å². The van der Waals surface area contributed by atoms with Crippen LogP contribution in [0.1, 0.15) is 10.4 Å². The largest absolute Gasteiger partial charge is 0.298 e. The van der Waals surface area contributed by atoms with Gasteiger partial charge in [0.25, 0.3) is 5.91 Å². The van der Waals surface area contributed by atoms with Crippen LogP contribution in [-0.4, -0.2) is 15.9 Å². The molecule has 0 aliphatic heterocycles. The summed E-state index contributed by atoms with van der Waals surface area (Å²) in [5.41, 5.74) is 1.72. The predicted molar refractivity (Wildman–Crippen MR) is 84.7 cm³/mol. The van der Waals surface area contributed by atoms with E-state index in [0.717, 1.165) is 5.56 Å². The number of halogens is 2. The molecule has 1 aromatic carbocycles. The molecule has 1 N–H and O–H groups in total. The lowest BCUT2D eigenvalue weighted by Gasteiger charge is -2.02. The number of thiazole rings is 1. The van der Waals surface area contributed by atoms with Gasteiger partial charge in [-0.2, -0.15) is 0 Å². The van der Waals surface area contributed by atoms with Gasteiger partial charge in [0.05, 0.1) is 11.3 Å². The van der Waals surface area contributed by atoms with E-state index in [0.29, 0.717) is 10.8 Å². The van der Waals surface area contributed by atoms with Crippen LogP contribution in [0.2, 0.25) is 5.15 Å². The van der Waals surface area contributed by atoms with E-state index in [9.17, 15) is 9.18 Å². The van der Waals surface area contributed by atoms with Crippen LogP contribution in [0.4, 0.5) is 9.52 Å². The number of rotatable bonds is 3. The smallest absolute Gasteiger partial charge is 0.260 e. The SMILES string of the molecule is O=C(Nc1nc(-c2ccc(F)cc2)cs1)c1cccnc1Cl.